The summed E-state index contributed by atoms with van der Waals surface area (Å²) in [6.07, 6.45) is 4.07. The number of halogens is 1. The Kier molecular flexibility index (Phi) is 5.78. The number of hydrogen-bond donors (Lipinski definition) is 1. The third-order valence-corrected chi connectivity index (χ3v) is 3.22. The van der Waals surface area contributed by atoms with Gasteiger partial charge in [-0.3, -0.25) is 0 Å². The molecule has 2 atom stereocenters. The van der Waals surface area contributed by atoms with Gasteiger partial charge in [0.1, 0.15) is 0 Å². The Hall–Kier alpha value is -0.600. The molecule has 0 heterocycles. The maximum atomic E-state index is 3.77. The molecule has 0 spiro atoms. The molecule has 0 aliphatic heterocycles. The molecule has 0 aliphatic rings. The minimum absolute atomic E-state index is 0.433. The van der Waals surface area contributed by atoms with Crippen molar-refractivity contribution in [2.24, 2.45) is 0 Å². The highest BCUT2D eigenvalue weighted by Gasteiger charge is 2.11. The van der Waals surface area contributed by atoms with Gasteiger partial charge in [-0.15, -0.1) is 6.58 Å². The van der Waals surface area contributed by atoms with Crippen LogP contribution in [0.2, 0.25) is 0 Å². The second-order valence-corrected chi connectivity index (χ2v) is 5.02. The molecule has 1 rings (SSSR count). The molecule has 1 aromatic rings. The molecule has 0 radical (unpaired) electrons. The molecular formula is C14H20BrN. The van der Waals surface area contributed by atoms with Crippen molar-refractivity contribution < 1.29 is 0 Å². The lowest BCUT2D eigenvalue weighted by Gasteiger charge is -2.22. The van der Waals surface area contributed by atoms with E-state index in [1.54, 1.807) is 0 Å². The van der Waals surface area contributed by atoms with Gasteiger partial charge >= 0.3 is 0 Å². The Bertz CT molecular complexity index is 318. The SMILES string of the molecule is C=CCC(C)NC(CC)c1ccc(Br)cc1. The summed E-state index contributed by atoms with van der Waals surface area (Å²) < 4.78 is 1.13. The van der Waals surface area contributed by atoms with Crippen molar-refractivity contribution in [2.45, 2.75) is 38.8 Å². The van der Waals surface area contributed by atoms with Gasteiger partial charge in [0, 0.05) is 16.6 Å². The normalized spacial score (nSPS) is 14.4. The Balaban J connectivity index is 2.66. The molecule has 16 heavy (non-hydrogen) atoms. The number of rotatable bonds is 6. The van der Waals surface area contributed by atoms with E-state index >= 15 is 0 Å². The van der Waals surface area contributed by atoms with Crippen LogP contribution >= 0.6 is 15.9 Å². The average Bonchev–Trinajstić information content (AvgIpc) is 2.27. The summed E-state index contributed by atoms with van der Waals surface area (Å²) in [5, 5.41) is 3.62. The Morgan fingerprint density at radius 3 is 2.50 bits per heavy atom. The van der Waals surface area contributed by atoms with Crippen LogP contribution in [-0.2, 0) is 0 Å². The van der Waals surface area contributed by atoms with Crippen molar-refractivity contribution in [2.75, 3.05) is 0 Å². The van der Waals surface area contributed by atoms with E-state index in [1.807, 2.05) is 6.08 Å². The van der Waals surface area contributed by atoms with Gasteiger partial charge in [0.25, 0.3) is 0 Å². The van der Waals surface area contributed by atoms with Gasteiger partial charge in [-0.2, -0.15) is 0 Å². The van der Waals surface area contributed by atoms with Crippen molar-refractivity contribution in [1.82, 2.24) is 5.32 Å². The van der Waals surface area contributed by atoms with E-state index < -0.39 is 0 Å². The van der Waals surface area contributed by atoms with E-state index in [9.17, 15) is 0 Å². The molecule has 2 unspecified atom stereocenters. The van der Waals surface area contributed by atoms with Crippen molar-refractivity contribution in [1.29, 1.82) is 0 Å². The first-order chi connectivity index (χ1) is 7.67. The predicted molar refractivity (Wildman–Crippen MR) is 74.6 cm³/mol. The summed E-state index contributed by atoms with van der Waals surface area (Å²) in [6.45, 7) is 8.18. The smallest absolute Gasteiger partial charge is 0.0320 e. The minimum atomic E-state index is 0.433. The fraction of sp³-hybridized carbons (Fsp3) is 0.429. The molecule has 0 aliphatic carbocycles. The predicted octanol–water partition coefficient (Wildman–Crippen LogP) is 4.45. The number of hydrogen-bond acceptors (Lipinski definition) is 1. The van der Waals surface area contributed by atoms with Crippen LogP contribution in [-0.4, -0.2) is 6.04 Å². The van der Waals surface area contributed by atoms with Gasteiger partial charge in [0.05, 0.1) is 0 Å². The number of nitrogens with one attached hydrogen (secondary N) is 1. The van der Waals surface area contributed by atoms with Gasteiger partial charge in [-0.05, 0) is 37.5 Å². The summed E-state index contributed by atoms with van der Waals surface area (Å²) in [4.78, 5) is 0. The lowest BCUT2D eigenvalue weighted by molar-refractivity contribution is 0.448. The van der Waals surface area contributed by atoms with Crippen LogP contribution in [0.5, 0.6) is 0 Å². The molecule has 0 bridgehead atoms. The highest BCUT2D eigenvalue weighted by atomic mass is 79.9. The molecule has 0 fully saturated rings. The van der Waals surface area contributed by atoms with Crippen molar-refractivity contribution in [3.8, 4) is 0 Å². The van der Waals surface area contributed by atoms with E-state index in [2.05, 4.69) is 65.9 Å². The first-order valence-corrected chi connectivity index (χ1v) is 6.59. The Morgan fingerprint density at radius 1 is 1.38 bits per heavy atom. The van der Waals surface area contributed by atoms with E-state index in [4.69, 9.17) is 0 Å². The molecular weight excluding hydrogens is 262 g/mol. The molecule has 2 heteroatoms. The fourth-order valence-electron chi connectivity index (χ4n) is 1.81. The second kappa shape index (κ2) is 6.87. The zero-order chi connectivity index (χ0) is 12.0. The molecule has 1 N–H and O–H groups in total. The van der Waals surface area contributed by atoms with Gasteiger partial charge in [-0.1, -0.05) is 41.1 Å². The molecule has 0 saturated heterocycles. The van der Waals surface area contributed by atoms with Crippen LogP contribution in [0.1, 0.15) is 38.3 Å². The second-order valence-electron chi connectivity index (χ2n) is 4.10. The van der Waals surface area contributed by atoms with Gasteiger partial charge in [0.2, 0.25) is 0 Å². The molecule has 88 valence electrons. The third-order valence-electron chi connectivity index (χ3n) is 2.69. The first kappa shape index (κ1) is 13.5. The maximum Gasteiger partial charge on any atom is 0.0320 e. The topological polar surface area (TPSA) is 12.0 Å². The summed E-state index contributed by atoms with van der Waals surface area (Å²) in [5.74, 6) is 0. The molecule has 0 saturated carbocycles. The van der Waals surface area contributed by atoms with Crippen molar-refractivity contribution in [3.63, 3.8) is 0 Å². The highest BCUT2D eigenvalue weighted by Crippen LogP contribution is 2.20. The zero-order valence-electron chi connectivity index (χ0n) is 10.0. The molecule has 0 aromatic heterocycles. The first-order valence-electron chi connectivity index (χ1n) is 5.79. The maximum absolute atomic E-state index is 3.77. The standard InChI is InChI=1S/C14H20BrN/c1-4-6-11(3)16-14(5-2)12-7-9-13(15)10-8-12/h4,7-11,14,16H,1,5-6H2,2-3H3. The van der Waals surface area contributed by atoms with Crippen molar-refractivity contribution >= 4 is 15.9 Å². The van der Waals surface area contributed by atoms with Gasteiger partial charge in [0.15, 0.2) is 0 Å². The van der Waals surface area contributed by atoms with Crippen LogP contribution in [0.25, 0.3) is 0 Å². The summed E-state index contributed by atoms with van der Waals surface area (Å²) in [7, 11) is 0. The lowest BCUT2D eigenvalue weighted by atomic mass is 10.0. The highest BCUT2D eigenvalue weighted by molar-refractivity contribution is 9.10. The van der Waals surface area contributed by atoms with Crippen LogP contribution in [0.3, 0.4) is 0 Å². The lowest BCUT2D eigenvalue weighted by Crippen LogP contribution is -2.29. The van der Waals surface area contributed by atoms with E-state index in [-0.39, 0.29) is 0 Å². The van der Waals surface area contributed by atoms with Crippen LogP contribution < -0.4 is 5.32 Å². The summed E-state index contributed by atoms with van der Waals surface area (Å²) >= 11 is 3.46. The Labute approximate surface area is 107 Å². The molecule has 1 nitrogen and oxygen atoms in total. The third kappa shape index (κ3) is 4.11. The minimum Gasteiger partial charge on any atom is -0.307 e. The average molecular weight is 282 g/mol. The van der Waals surface area contributed by atoms with Crippen LogP contribution in [0.15, 0.2) is 41.4 Å². The molecule has 1 aromatic carbocycles. The van der Waals surface area contributed by atoms with Crippen LogP contribution in [0, 0.1) is 0 Å². The zero-order valence-corrected chi connectivity index (χ0v) is 11.6. The van der Waals surface area contributed by atoms with Gasteiger partial charge in [-0.25, -0.2) is 0 Å². The van der Waals surface area contributed by atoms with Crippen molar-refractivity contribution in [3.05, 3.63) is 47.0 Å². The monoisotopic (exact) mass is 281 g/mol. The molecule has 0 amide bonds. The van der Waals surface area contributed by atoms with Crippen LogP contribution in [0.4, 0.5) is 0 Å². The number of benzene rings is 1. The largest absolute Gasteiger partial charge is 0.307 e. The quantitative estimate of drug-likeness (QED) is 0.760. The van der Waals surface area contributed by atoms with E-state index in [0.717, 1.165) is 17.3 Å². The van der Waals surface area contributed by atoms with Gasteiger partial charge < -0.3 is 5.32 Å². The van der Waals surface area contributed by atoms with E-state index in [0.29, 0.717) is 12.1 Å². The summed E-state index contributed by atoms with van der Waals surface area (Å²) in [5.41, 5.74) is 1.35. The van der Waals surface area contributed by atoms with E-state index in [1.165, 1.54) is 5.56 Å². The summed E-state index contributed by atoms with van der Waals surface area (Å²) in [6, 6.07) is 9.45. The Morgan fingerprint density at radius 2 is 2.00 bits per heavy atom. The fourth-order valence-corrected chi connectivity index (χ4v) is 2.07.